The van der Waals surface area contributed by atoms with Gasteiger partial charge >= 0.3 is 5.97 Å². The van der Waals surface area contributed by atoms with Crippen LogP contribution in [0, 0.1) is 11.7 Å². The quantitative estimate of drug-likeness (QED) is 0.290. The number of likely N-dealkylation sites (tertiary alicyclic amines) is 1. The Kier molecular flexibility index (Phi) is 6.81. The summed E-state index contributed by atoms with van der Waals surface area (Å²) in [5.41, 5.74) is 1.13. The number of carbonyl (C=O) groups is 3. The molecule has 0 aromatic heterocycles. The molecule has 2 unspecified atom stereocenters. The van der Waals surface area contributed by atoms with Gasteiger partial charge in [-0.2, -0.15) is 0 Å². The van der Waals surface area contributed by atoms with E-state index >= 15 is 0 Å². The molecule has 2 aromatic carbocycles. The predicted octanol–water partition coefficient (Wildman–Crippen LogP) is 4.56. The summed E-state index contributed by atoms with van der Waals surface area (Å²) in [6.45, 7) is 0.597. The lowest BCUT2D eigenvalue weighted by Gasteiger charge is -2.38. The summed E-state index contributed by atoms with van der Waals surface area (Å²) in [5, 5.41) is 9.21. The highest BCUT2D eigenvalue weighted by Crippen LogP contribution is 2.40. The third-order valence-electron chi connectivity index (χ3n) is 6.29. The molecule has 1 heterocycles. The number of hydrogen-bond acceptors (Lipinski definition) is 6. The van der Waals surface area contributed by atoms with Crippen LogP contribution in [0.2, 0.25) is 0 Å². The standard InChI is InChI=1S/C27H28FNO5S/c1-34-20-6-4-5-18(13-20)23(30)16-35-24-11-12-29(15-19(24)14-25(31)32)26(27(33)17-9-10-17)21-7-2-3-8-22(21)28/h2-8,13-14,17,24,26H,9-12,15-16H2,1H3,(H,31,32)/b19-14-/i1+1D3. The van der Waals surface area contributed by atoms with Crippen LogP contribution in [0.3, 0.4) is 0 Å². The molecule has 8 heteroatoms. The second-order valence-electron chi connectivity index (χ2n) is 8.77. The van der Waals surface area contributed by atoms with Crippen LogP contribution in [0.5, 0.6) is 5.75 Å². The first-order valence-corrected chi connectivity index (χ1v) is 12.5. The van der Waals surface area contributed by atoms with Gasteiger partial charge in [0, 0.05) is 41.5 Å². The van der Waals surface area contributed by atoms with Crippen LogP contribution >= 0.6 is 11.8 Å². The highest BCUT2D eigenvalue weighted by atomic mass is 32.2. The van der Waals surface area contributed by atoms with E-state index in [1.807, 2.05) is 4.90 Å². The molecule has 1 saturated carbocycles. The smallest absolute Gasteiger partial charge is 0.328 e. The Hall–Kier alpha value is -2.97. The third kappa shape index (κ3) is 6.18. The van der Waals surface area contributed by atoms with E-state index in [1.54, 1.807) is 24.3 Å². The number of methoxy groups -OCH3 is 1. The van der Waals surface area contributed by atoms with E-state index in [4.69, 9.17) is 8.85 Å². The lowest BCUT2D eigenvalue weighted by molar-refractivity contribution is -0.131. The van der Waals surface area contributed by atoms with E-state index in [0.29, 0.717) is 24.1 Å². The fraction of sp³-hybridized carbons (Fsp3) is 0.370. The first-order valence-electron chi connectivity index (χ1n) is 12.9. The molecule has 184 valence electrons. The highest BCUT2D eigenvalue weighted by Gasteiger charge is 2.41. The maximum Gasteiger partial charge on any atom is 0.328 e. The lowest BCUT2D eigenvalue weighted by atomic mass is 9.93. The second kappa shape index (κ2) is 11.2. The molecular formula is C27H28FNO5S. The van der Waals surface area contributed by atoms with E-state index in [1.165, 1.54) is 36.0 Å². The number of piperidine rings is 1. The van der Waals surface area contributed by atoms with Gasteiger partial charge in [-0.05, 0) is 43.0 Å². The number of benzene rings is 2. The van der Waals surface area contributed by atoms with Crippen LogP contribution in [0.15, 0.2) is 60.2 Å². The minimum Gasteiger partial charge on any atom is -0.497 e. The van der Waals surface area contributed by atoms with Crippen molar-refractivity contribution in [3.8, 4) is 5.75 Å². The molecule has 1 aliphatic carbocycles. The number of rotatable bonds is 10. The summed E-state index contributed by atoms with van der Waals surface area (Å²) in [6, 6.07) is 11.3. The monoisotopic (exact) mass is 501 g/mol. The molecule has 1 N–H and O–H groups in total. The molecule has 0 amide bonds. The molecule has 2 aliphatic rings. The van der Waals surface area contributed by atoms with Crippen LogP contribution in [0.1, 0.15) is 45.3 Å². The molecule has 2 aromatic rings. The number of thioether (sulfide) groups is 1. The van der Waals surface area contributed by atoms with Crippen LogP contribution in [-0.2, 0) is 9.59 Å². The van der Waals surface area contributed by atoms with E-state index in [2.05, 4.69) is 0 Å². The lowest BCUT2D eigenvalue weighted by Crippen LogP contribution is -2.43. The normalized spacial score (nSPS) is 22.0. The van der Waals surface area contributed by atoms with Crippen molar-refractivity contribution < 1.29 is 32.7 Å². The number of ether oxygens (including phenoxy) is 1. The molecular weight excluding hydrogens is 470 g/mol. The number of nitrogens with zero attached hydrogens (tertiary/aromatic N) is 1. The molecule has 2 fully saturated rings. The highest BCUT2D eigenvalue weighted by molar-refractivity contribution is 8.00. The number of carboxylic acid groups (broad SMARTS) is 1. The van der Waals surface area contributed by atoms with Gasteiger partial charge in [0.25, 0.3) is 0 Å². The zero-order valence-corrected chi connectivity index (χ0v) is 19.8. The minimum atomic E-state index is -2.64. The molecule has 6 nitrogen and oxygen atoms in total. The number of halogens is 1. The molecule has 0 radical (unpaired) electrons. The first kappa shape index (κ1) is 21.3. The molecule has 1 saturated heterocycles. The third-order valence-corrected chi connectivity index (χ3v) is 7.66. The Labute approximate surface area is 212 Å². The zero-order valence-electron chi connectivity index (χ0n) is 22.0. The number of carboxylic acids is 1. The topological polar surface area (TPSA) is 83.9 Å². The predicted molar refractivity (Wildman–Crippen MR) is 132 cm³/mol. The second-order valence-corrected chi connectivity index (χ2v) is 9.96. The van der Waals surface area contributed by atoms with Crippen molar-refractivity contribution in [3.63, 3.8) is 0 Å². The Morgan fingerprint density at radius 3 is 2.74 bits per heavy atom. The van der Waals surface area contributed by atoms with Gasteiger partial charge in [0.2, 0.25) is 0 Å². The van der Waals surface area contributed by atoms with Crippen molar-refractivity contribution in [3.05, 3.63) is 77.1 Å². The average Bonchev–Trinajstić information content (AvgIpc) is 3.69. The largest absolute Gasteiger partial charge is 0.497 e. The fourth-order valence-corrected chi connectivity index (χ4v) is 5.55. The van der Waals surface area contributed by atoms with Gasteiger partial charge in [0.1, 0.15) is 11.6 Å². The number of Topliss-reactive ketones (excluding diaryl/α,β-unsaturated/α-hetero) is 2. The van der Waals surface area contributed by atoms with Gasteiger partial charge < -0.3 is 9.84 Å². The molecule has 2 atom stereocenters. The maximum atomic E-state index is 14.7. The van der Waals surface area contributed by atoms with Crippen LogP contribution in [0.25, 0.3) is 0 Å². The maximum absolute atomic E-state index is 14.7. The summed E-state index contributed by atoms with van der Waals surface area (Å²) in [7, 11) is -2.64. The van der Waals surface area contributed by atoms with Gasteiger partial charge in [-0.3, -0.25) is 14.5 Å². The van der Waals surface area contributed by atoms with Crippen LogP contribution < -0.4 is 4.74 Å². The molecule has 35 heavy (non-hydrogen) atoms. The number of aliphatic carboxylic acids is 1. The van der Waals surface area contributed by atoms with Crippen molar-refractivity contribution in [1.29, 1.82) is 0 Å². The Morgan fingerprint density at radius 2 is 2.03 bits per heavy atom. The summed E-state index contributed by atoms with van der Waals surface area (Å²) >= 11 is 1.29. The van der Waals surface area contributed by atoms with Gasteiger partial charge in [-0.1, -0.05) is 30.3 Å². The molecule has 0 spiro atoms. The Morgan fingerprint density at radius 1 is 1.23 bits per heavy atom. The number of ketones is 2. The van der Waals surface area contributed by atoms with E-state index in [9.17, 15) is 23.9 Å². The van der Waals surface area contributed by atoms with Crippen LogP contribution in [0.4, 0.5) is 4.39 Å². The van der Waals surface area contributed by atoms with Crippen molar-refractivity contribution >= 4 is 29.3 Å². The van der Waals surface area contributed by atoms with Crippen LogP contribution in [-0.4, -0.2) is 58.7 Å². The zero-order chi connectivity index (χ0) is 27.4. The summed E-state index contributed by atoms with van der Waals surface area (Å²) in [6.07, 6.45) is 3.13. The molecule has 1 aliphatic heterocycles. The Balaban J connectivity index is 1.48. The van der Waals surface area contributed by atoms with Crippen molar-refractivity contribution in [1.82, 2.24) is 4.90 Å². The SMILES string of the molecule is [2H][13C]([2H])([2H])Oc1cccc(C(=O)CSC2CCN(C(C(=O)C3CC3)c3ccccc3F)C/C2=C/C(=O)O)c1. The molecule has 0 bridgehead atoms. The number of hydrogen-bond donors (Lipinski definition) is 1. The Bertz CT molecular complexity index is 1250. The fourth-order valence-electron chi connectivity index (χ4n) is 4.40. The summed E-state index contributed by atoms with van der Waals surface area (Å²) in [5.74, 6) is -1.93. The van der Waals surface area contributed by atoms with E-state index < -0.39 is 24.9 Å². The summed E-state index contributed by atoms with van der Waals surface area (Å²) < 4.78 is 41.3. The number of carbonyl (C=O) groups excluding carboxylic acids is 2. The van der Waals surface area contributed by atoms with Gasteiger partial charge in [-0.25, -0.2) is 9.18 Å². The van der Waals surface area contributed by atoms with E-state index in [-0.39, 0.29) is 46.3 Å². The van der Waals surface area contributed by atoms with Crippen molar-refractivity contribution in [2.24, 2.45) is 5.92 Å². The first-order chi connectivity index (χ1) is 18.0. The molecule has 4 rings (SSSR count). The average molecular weight is 502 g/mol. The van der Waals surface area contributed by atoms with Gasteiger partial charge in [0.05, 0.1) is 22.9 Å². The van der Waals surface area contributed by atoms with E-state index in [0.717, 1.165) is 18.9 Å². The minimum absolute atomic E-state index is 0.0383. The van der Waals surface area contributed by atoms with Gasteiger partial charge in [-0.15, -0.1) is 11.8 Å². The van der Waals surface area contributed by atoms with Crippen molar-refractivity contribution in [2.75, 3.05) is 25.9 Å². The summed E-state index contributed by atoms with van der Waals surface area (Å²) in [4.78, 5) is 39.5. The van der Waals surface area contributed by atoms with Gasteiger partial charge in [0.15, 0.2) is 11.6 Å². The van der Waals surface area contributed by atoms with Crippen molar-refractivity contribution in [2.45, 2.75) is 30.6 Å².